The summed E-state index contributed by atoms with van der Waals surface area (Å²) in [6.07, 6.45) is -0.400. The third kappa shape index (κ3) is 4.11. The molecule has 0 bridgehead atoms. The number of rotatable bonds is 4. The van der Waals surface area contributed by atoms with E-state index in [1.807, 2.05) is 60.7 Å². The number of aliphatic imine (C=N–C) groups is 2. The monoisotopic (exact) mass is 617 g/mol. The molecule has 5 heteroatoms. The molecule has 0 saturated heterocycles. The van der Waals surface area contributed by atoms with Gasteiger partial charge < -0.3 is 14.2 Å². The molecule has 226 valence electrons. The number of benzene rings is 7. The molecule has 48 heavy (non-hydrogen) atoms. The first-order valence-corrected chi connectivity index (χ1v) is 16.1. The van der Waals surface area contributed by atoms with Gasteiger partial charge in [0, 0.05) is 49.2 Å². The van der Waals surface area contributed by atoms with E-state index < -0.39 is 6.17 Å². The van der Waals surface area contributed by atoms with Crippen molar-refractivity contribution in [3.8, 4) is 11.1 Å². The van der Waals surface area contributed by atoms with Gasteiger partial charge >= 0.3 is 0 Å². The number of amidine groups is 2. The summed E-state index contributed by atoms with van der Waals surface area (Å²) in [6.45, 7) is 0. The van der Waals surface area contributed by atoms with Crippen LogP contribution in [0.1, 0.15) is 22.9 Å². The van der Waals surface area contributed by atoms with Crippen LogP contribution in [0.5, 0.6) is 0 Å². The highest BCUT2D eigenvalue weighted by Crippen LogP contribution is 2.45. The largest absolute Gasteiger partial charge is 0.455 e. The van der Waals surface area contributed by atoms with Crippen molar-refractivity contribution in [3.63, 3.8) is 0 Å². The first-order chi connectivity index (χ1) is 23.8. The maximum atomic E-state index is 6.79. The van der Waals surface area contributed by atoms with Crippen molar-refractivity contribution >= 4 is 66.3 Å². The average molecular weight is 618 g/mol. The Morgan fingerprint density at radius 1 is 0.479 bits per heavy atom. The van der Waals surface area contributed by atoms with Crippen molar-refractivity contribution in [2.45, 2.75) is 6.17 Å². The van der Waals surface area contributed by atoms with E-state index in [9.17, 15) is 0 Å². The molecular weight excluding hydrogens is 590 g/mol. The van der Waals surface area contributed by atoms with Crippen molar-refractivity contribution < 1.29 is 8.83 Å². The predicted octanol–water partition coefficient (Wildman–Crippen LogP) is 10.8. The highest BCUT2D eigenvalue weighted by Gasteiger charge is 2.27. The van der Waals surface area contributed by atoms with E-state index in [0.29, 0.717) is 5.84 Å². The van der Waals surface area contributed by atoms with E-state index in [1.165, 1.54) is 0 Å². The van der Waals surface area contributed by atoms with Crippen molar-refractivity contribution in [1.82, 2.24) is 5.32 Å². The zero-order valence-corrected chi connectivity index (χ0v) is 25.7. The van der Waals surface area contributed by atoms with Gasteiger partial charge in [-0.1, -0.05) is 133 Å². The second-order valence-corrected chi connectivity index (χ2v) is 12.1. The van der Waals surface area contributed by atoms with Crippen LogP contribution in [0.2, 0.25) is 0 Å². The van der Waals surface area contributed by atoms with Gasteiger partial charge in [0.25, 0.3) is 0 Å². The van der Waals surface area contributed by atoms with Crippen LogP contribution in [0.25, 0.3) is 65.8 Å². The summed E-state index contributed by atoms with van der Waals surface area (Å²) in [5.41, 5.74) is 8.55. The Balaban J connectivity index is 1.24. The van der Waals surface area contributed by atoms with Crippen LogP contribution in [0.4, 0.5) is 0 Å². The molecule has 5 nitrogen and oxygen atoms in total. The van der Waals surface area contributed by atoms with Gasteiger partial charge in [-0.2, -0.15) is 0 Å². The third-order valence-corrected chi connectivity index (χ3v) is 9.35. The van der Waals surface area contributed by atoms with E-state index in [1.54, 1.807) is 0 Å². The number of hydrogen-bond acceptors (Lipinski definition) is 5. The van der Waals surface area contributed by atoms with Crippen molar-refractivity contribution in [3.05, 3.63) is 168 Å². The molecule has 1 aliphatic heterocycles. The number of fused-ring (bicyclic) bond motifs is 8. The third-order valence-electron chi connectivity index (χ3n) is 9.35. The lowest BCUT2D eigenvalue weighted by atomic mass is 9.92. The summed E-state index contributed by atoms with van der Waals surface area (Å²) < 4.78 is 13.2. The standard InChI is InChI=1S/C43H27N3O2/c1-3-13-26(14-4-1)41-44-42(27-15-5-2-6-16-27)46-43(45-41)33-24-23-31(40-38(33)32-20-10-12-22-37(32)48-40)34-25-35-29-18-9-11-21-36(29)47-39(35)30-19-8-7-17-28(30)34/h1-25,43H,(H,44,45,46). The first-order valence-electron chi connectivity index (χ1n) is 16.1. The van der Waals surface area contributed by atoms with Crippen LogP contribution in [0.3, 0.4) is 0 Å². The number of para-hydroxylation sites is 2. The lowest BCUT2D eigenvalue weighted by molar-refractivity contribution is 0.663. The van der Waals surface area contributed by atoms with Crippen LogP contribution < -0.4 is 5.32 Å². The molecule has 0 amide bonds. The first kappa shape index (κ1) is 26.7. The maximum absolute atomic E-state index is 6.79. The Bertz CT molecular complexity index is 2760. The highest BCUT2D eigenvalue weighted by molar-refractivity contribution is 6.22. The van der Waals surface area contributed by atoms with Crippen LogP contribution in [0.15, 0.2) is 170 Å². The average Bonchev–Trinajstić information content (AvgIpc) is 3.74. The van der Waals surface area contributed by atoms with Crippen LogP contribution in [0, 0.1) is 0 Å². The van der Waals surface area contributed by atoms with Crippen molar-refractivity contribution in [2.24, 2.45) is 9.98 Å². The van der Waals surface area contributed by atoms with Gasteiger partial charge in [-0.3, -0.25) is 0 Å². The van der Waals surface area contributed by atoms with Gasteiger partial charge in [-0.15, -0.1) is 0 Å². The number of nitrogens with zero attached hydrogens (tertiary/aromatic N) is 2. The SMILES string of the molecule is c1ccc(C2=NC(c3ccc(-c4cc5c6ccccc6oc5c5ccccc45)c4oc5ccccc5c34)NC(c3ccccc3)=N2)cc1. The Morgan fingerprint density at radius 2 is 1.08 bits per heavy atom. The molecule has 1 aliphatic rings. The Morgan fingerprint density at radius 3 is 1.85 bits per heavy atom. The molecule has 0 aliphatic carbocycles. The summed E-state index contributed by atoms with van der Waals surface area (Å²) in [7, 11) is 0. The summed E-state index contributed by atoms with van der Waals surface area (Å²) in [4.78, 5) is 10.2. The zero-order chi connectivity index (χ0) is 31.6. The van der Waals surface area contributed by atoms with Crippen molar-refractivity contribution in [2.75, 3.05) is 0 Å². The molecule has 1 atom stereocenters. The van der Waals surface area contributed by atoms with E-state index in [-0.39, 0.29) is 0 Å². The van der Waals surface area contributed by atoms with E-state index in [0.717, 1.165) is 88.3 Å². The van der Waals surface area contributed by atoms with Gasteiger partial charge in [-0.25, -0.2) is 9.98 Å². The van der Waals surface area contributed by atoms with Crippen LogP contribution in [-0.2, 0) is 0 Å². The van der Waals surface area contributed by atoms with E-state index in [2.05, 4.69) is 96.3 Å². The minimum atomic E-state index is -0.400. The van der Waals surface area contributed by atoms with Gasteiger partial charge in [0.2, 0.25) is 0 Å². The quantitative estimate of drug-likeness (QED) is 0.214. The molecular formula is C43H27N3O2. The second kappa shape index (κ2) is 10.5. The molecule has 10 rings (SSSR count). The molecule has 1 N–H and O–H groups in total. The van der Waals surface area contributed by atoms with Gasteiger partial charge in [0.1, 0.15) is 34.3 Å². The fraction of sp³-hybridized carbons (Fsp3) is 0.0233. The fourth-order valence-corrected chi connectivity index (χ4v) is 7.13. The summed E-state index contributed by atoms with van der Waals surface area (Å²) in [6, 6.07) is 52.0. The maximum Gasteiger partial charge on any atom is 0.159 e. The minimum Gasteiger partial charge on any atom is -0.455 e. The highest BCUT2D eigenvalue weighted by atomic mass is 16.3. The van der Waals surface area contributed by atoms with Crippen LogP contribution in [-0.4, -0.2) is 11.7 Å². The van der Waals surface area contributed by atoms with Gasteiger partial charge in [-0.05, 0) is 29.1 Å². The Hall–Kier alpha value is -6.46. The number of furan rings is 2. The lowest BCUT2D eigenvalue weighted by Gasteiger charge is -2.24. The van der Waals surface area contributed by atoms with Gasteiger partial charge in [0.15, 0.2) is 5.84 Å². The molecule has 0 spiro atoms. The zero-order valence-electron chi connectivity index (χ0n) is 25.7. The summed E-state index contributed by atoms with van der Waals surface area (Å²) in [5, 5.41) is 10.1. The Labute approximate surface area is 275 Å². The summed E-state index contributed by atoms with van der Waals surface area (Å²) in [5.74, 6) is 1.47. The molecule has 7 aromatic carbocycles. The van der Waals surface area contributed by atoms with Crippen LogP contribution >= 0.6 is 0 Å². The topological polar surface area (TPSA) is 63.0 Å². The lowest BCUT2D eigenvalue weighted by Crippen LogP contribution is -2.33. The molecule has 0 saturated carbocycles. The van der Waals surface area contributed by atoms with E-state index in [4.69, 9.17) is 18.8 Å². The number of hydrogen-bond donors (Lipinski definition) is 1. The number of nitrogens with one attached hydrogen (secondary N) is 1. The molecule has 2 aromatic heterocycles. The molecule has 9 aromatic rings. The smallest absolute Gasteiger partial charge is 0.159 e. The molecule has 0 radical (unpaired) electrons. The second-order valence-electron chi connectivity index (χ2n) is 12.1. The van der Waals surface area contributed by atoms with Crippen molar-refractivity contribution in [1.29, 1.82) is 0 Å². The predicted molar refractivity (Wildman–Crippen MR) is 196 cm³/mol. The molecule has 3 heterocycles. The Kier molecular flexibility index (Phi) is 5.87. The minimum absolute atomic E-state index is 0.400. The summed E-state index contributed by atoms with van der Waals surface area (Å²) >= 11 is 0. The normalized spacial score (nSPS) is 14.9. The fourth-order valence-electron chi connectivity index (χ4n) is 7.13. The van der Waals surface area contributed by atoms with Gasteiger partial charge in [0.05, 0.1) is 0 Å². The van der Waals surface area contributed by atoms with E-state index >= 15 is 0 Å². The molecule has 0 fully saturated rings. The molecule has 1 unspecified atom stereocenters.